The quantitative estimate of drug-likeness (QED) is 0.906. The first-order valence-corrected chi connectivity index (χ1v) is 5.81. The summed E-state index contributed by atoms with van der Waals surface area (Å²) in [6.07, 6.45) is 3.68. The highest BCUT2D eigenvalue weighted by Gasteiger charge is 2.34. The zero-order valence-electron chi connectivity index (χ0n) is 8.44. The molecule has 1 aromatic rings. The summed E-state index contributed by atoms with van der Waals surface area (Å²) in [5.41, 5.74) is 0.933. The molecule has 0 spiro atoms. The van der Waals surface area contributed by atoms with Gasteiger partial charge in [-0.2, -0.15) is 5.10 Å². The van der Waals surface area contributed by atoms with Crippen molar-refractivity contribution < 1.29 is 5.11 Å². The number of aromatic nitrogens is 2. The van der Waals surface area contributed by atoms with E-state index in [1.807, 2.05) is 4.68 Å². The van der Waals surface area contributed by atoms with E-state index in [0.29, 0.717) is 12.0 Å². The molecule has 1 unspecified atom stereocenters. The van der Waals surface area contributed by atoms with E-state index in [1.54, 1.807) is 6.20 Å². The predicted molar refractivity (Wildman–Crippen MR) is 58.0 cm³/mol. The Morgan fingerprint density at radius 1 is 1.57 bits per heavy atom. The van der Waals surface area contributed by atoms with Crippen molar-refractivity contribution in [3.05, 3.63) is 16.4 Å². The molecule has 1 aliphatic carbocycles. The summed E-state index contributed by atoms with van der Waals surface area (Å²) in [5.74, 6) is 0.445. The number of hydrogen-bond acceptors (Lipinski definition) is 2. The summed E-state index contributed by atoms with van der Waals surface area (Å²) in [6, 6.07) is 0.296. The molecule has 1 atom stereocenters. The van der Waals surface area contributed by atoms with Gasteiger partial charge in [-0.3, -0.25) is 4.68 Å². The number of nitrogens with zero attached hydrogens (tertiary/aromatic N) is 2. The lowest BCUT2D eigenvalue weighted by molar-refractivity contribution is 0.140. The van der Waals surface area contributed by atoms with Gasteiger partial charge < -0.3 is 5.11 Å². The molecule has 0 saturated heterocycles. The Labute approximate surface area is 92.2 Å². The van der Waals surface area contributed by atoms with Crippen LogP contribution in [-0.2, 0) is 0 Å². The van der Waals surface area contributed by atoms with Crippen molar-refractivity contribution in [1.82, 2.24) is 9.78 Å². The molecule has 1 aliphatic rings. The highest BCUT2D eigenvalue weighted by atomic mass is 79.9. The van der Waals surface area contributed by atoms with Gasteiger partial charge in [0.2, 0.25) is 0 Å². The third-order valence-electron chi connectivity index (χ3n) is 2.62. The fourth-order valence-corrected chi connectivity index (χ4v) is 2.18. The van der Waals surface area contributed by atoms with Gasteiger partial charge >= 0.3 is 0 Å². The monoisotopic (exact) mass is 258 g/mol. The summed E-state index contributed by atoms with van der Waals surface area (Å²) in [4.78, 5) is 0. The Morgan fingerprint density at radius 3 is 2.71 bits per heavy atom. The molecule has 14 heavy (non-hydrogen) atoms. The minimum atomic E-state index is -0.353. The van der Waals surface area contributed by atoms with Crippen LogP contribution in [0.15, 0.2) is 10.7 Å². The average molecular weight is 259 g/mol. The van der Waals surface area contributed by atoms with Gasteiger partial charge in [0.1, 0.15) is 0 Å². The van der Waals surface area contributed by atoms with Crippen LogP contribution < -0.4 is 0 Å². The number of halogens is 1. The van der Waals surface area contributed by atoms with E-state index in [4.69, 9.17) is 0 Å². The Bertz CT molecular complexity index is 331. The molecule has 0 bridgehead atoms. The van der Waals surface area contributed by atoms with E-state index in [2.05, 4.69) is 34.9 Å². The predicted octanol–water partition coefficient (Wildman–Crippen LogP) is 2.67. The molecular formula is C10H15BrN2O. The molecule has 2 rings (SSSR count). The van der Waals surface area contributed by atoms with Gasteiger partial charge in [0.05, 0.1) is 22.5 Å². The van der Waals surface area contributed by atoms with Crippen molar-refractivity contribution in [1.29, 1.82) is 0 Å². The number of aliphatic hydroxyl groups is 1. The van der Waals surface area contributed by atoms with E-state index in [0.717, 1.165) is 23.0 Å². The topological polar surface area (TPSA) is 38.0 Å². The van der Waals surface area contributed by atoms with Gasteiger partial charge in [0, 0.05) is 6.04 Å². The molecule has 1 saturated carbocycles. The minimum absolute atomic E-state index is 0.296. The van der Waals surface area contributed by atoms with Gasteiger partial charge in [-0.05, 0) is 48.5 Å². The average Bonchev–Trinajstić information content (AvgIpc) is 2.88. The van der Waals surface area contributed by atoms with Crippen molar-refractivity contribution in [2.75, 3.05) is 0 Å². The summed E-state index contributed by atoms with van der Waals surface area (Å²) in [5, 5.41) is 14.3. The second kappa shape index (κ2) is 3.66. The summed E-state index contributed by atoms with van der Waals surface area (Å²) < 4.78 is 2.82. The Balaban J connectivity index is 2.33. The van der Waals surface area contributed by atoms with E-state index in [-0.39, 0.29) is 6.10 Å². The van der Waals surface area contributed by atoms with Crippen molar-refractivity contribution in [2.24, 2.45) is 5.92 Å². The third-order valence-corrected chi connectivity index (χ3v) is 3.24. The molecule has 0 amide bonds. The molecule has 3 nitrogen and oxygen atoms in total. The van der Waals surface area contributed by atoms with Gasteiger partial charge in [-0.1, -0.05) is 0 Å². The second-order valence-electron chi connectivity index (χ2n) is 4.20. The molecular weight excluding hydrogens is 244 g/mol. The van der Waals surface area contributed by atoms with Crippen LogP contribution in [0, 0.1) is 5.92 Å². The van der Waals surface area contributed by atoms with Crippen molar-refractivity contribution in [3.8, 4) is 0 Å². The number of aliphatic hydroxyl groups excluding tert-OH is 1. The van der Waals surface area contributed by atoms with Gasteiger partial charge in [-0.25, -0.2) is 0 Å². The minimum Gasteiger partial charge on any atom is -0.386 e. The van der Waals surface area contributed by atoms with E-state index in [1.165, 1.54) is 0 Å². The third kappa shape index (κ3) is 1.73. The summed E-state index contributed by atoms with van der Waals surface area (Å²) in [6.45, 7) is 4.14. The fraction of sp³-hybridized carbons (Fsp3) is 0.700. The van der Waals surface area contributed by atoms with E-state index < -0.39 is 0 Å². The highest BCUT2D eigenvalue weighted by Crippen LogP contribution is 2.43. The van der Waals surface area contributed by atoms with Crippen LogP contribution in [0.25, 0.3) is 0 Å². The number of hydrogen-bond donors (Lipinski definition) is 1. The van der Waals surface area contributed by atoms with Gasteiger partial charge in [0.15, 0.2) is 0 Å². The van der Waals surface area contributed by atoms with Crippen LogP contribution in [-0.4, -0.2) is 14.9 Å². The van der Waals surface area contributed by atoms with E-state index in [9.17, 15) is 5.11 Å². The normalized spacial score (nSPS) is 18.9. The lowest BCUT2D eigenvalue weighted by Gasteiger charge is -2.15. The van der Waals surface area contributed by atoms with Crippen LogP contribution in [0.3, 0.4) is 0 Å². The van der Waals surface area contributed by atoms with Crippen molar-refractivity contribution >= 4 is 15.9 Å². The summed E-state index contributed by atoms with van der Waals surface area (Å²) in [7, 11) is 0. The molecule has 0 radical (unpaired) electrons. The van der Waals surface area contributed by atoms with Gasteiger partial charge in [0.25, 0.3) is 0 Å². The first-order valence-electron chi connectivity index (χ1n) is 5.02. The van der Waals surface area contributed by atoms with Crippen molar-refractivity contribution in [2.45, 2.75) is 38.8 Å². The molecule has 1 aromatic heterocycles. The number of rotatable bonds is 3. The molecule has 1 N–H and O–H groups in total. The molecule has 1 heterocycles. The molecule has 4 heteroatoms. The lowest BCUT2D eigenvalue weighted by Crippen LogP contribution is -2.12. The van der Waals surface area contributed by atoms with Gasteiger partial charge in [-0.15, -0.1) is 0 Å². The molecule has 0 aromatic carbocycles. The fourth-order valence-electron chi connectivity index (χ4n) is 1.67. The molecule has 78 valence electrons. The maximum Gasteiger partial charge on any atom is 0.0996 e. The summed E-state index contributed by atoms with van der Waals surface area (Å²) >= 11 is 3.44. The zero-order valence-corrected chi connectivity index (χ0v) is 10.0. The van der Waals surface area contributed by atoms with Crippen LogP contribution in [0.2, 0.25) is 0 Å². The van der Waals surface area contributed by atoms with Crippen LogP contribution in [0.1, 0.15) is 44.5 Å². The van der Waals surface area contributed by atoms with Crippen LogP contribution in [0.4, 0.5) is 0 Å². The largest absolute Gasteiger partial charge is 0.386 e. The van der Waals surface area contributed by atoms with Crippen LogP contribution >= 0.6 is 15.9 Å². The zero-order chi connectivity index (χ0) is 10.3. The maximum atomic E-state index is 10.1. The standard InChI is InChI=1S/C10H15BrN2O/c1-6(2)13-9(8(11)5-12-13)10(14)7-3-4-7/h5-7,10,14H,3-4H2,1-2H3. The lowest BCUT2D eigenvalue weighted by atomic mass is 10.1. The maximum absolute atomic E-state index is 10.1. The Kier molecular flexibility index (Phi) is 2.66. The first kappa shape index (κ1) is 10.2. The van der Waals surface area contributed by atoms with Crippen LogP contribution in [0.5, 0.6) is 0 Å². The molecule has 0 aliphatic heterocycles. The smallest absolute Gasteiger partial charge is 0.0996 e. The first-order chi connectivity index (χ1) is 6.61. The molecule has 1 fully saturated rings. The Hall–Kier alpha value is -0.350. The Morgan fingerprint density at radius 2 is 2.21 bits per heavy atom. The second-order valence-corrected chi connectivity index (χ2v) is 5.05. The van der Waals surface area contributed by atoms with Crippen molar-refractivity contribution in [3.63, 3.8) is 0 Å². The van der Waals surface area contributed by atoms with E-state index >= 15 is 0 Å². The SMILES string of the molecule is CC(C)n1ncc(Br)c1C(O)C1CC1. The highest BCUT2D eigenvalue weighted by molar-refractivity contribution is 9.10.